The van der Waals surface area contributed by atoms with Crippen molar-refractivity contribution in [2.45, 2.75) is 32.6 Å². The van der Waals surface area contributed by atoms with Gasteiger partial charge in [-0.3, -0.25) is 14.4 Å². The lowest BCUT2D eigenvalue weighted by Crippen LogP contribution is -2.31. The highest BCUT2D eigenvalue weighted by Gasteiger charge is 2.55. The molecule has 6 nitrogen and oxygen atoms in total. The molecular weight excluding hydrogens is 392 g/mol. The van der Waals surface area contributed by atoms with Gasteiger partial charge in [0.1, 0.15) is 0 Å². The van der Waals surface area contributed by atoms with Gasteiger partial charge >= 0.3 is 5.97 Å². The van der Waals surface area contributed by atoms with E-state index in [1.54, 1.807) is 18.2 Å². The van der Waals surface area contributed by atoms with Gasteiger partial charge in [0.05, 0.1) is 18.4 Å². The van der Waals surface area contributed by atoms with Crippen LogP contribution in [0.3, 0.4) is 0 Å². The van der Waals surface area contributed by atoms with E-state index in [4.69, 9.17) is 4.74 Å². The molecule has 4 rings (SSSR count). The Bertz CT molecular complexity index is 1040. The smallest absolute Gasteiger partial charge is 0.313 e. The number of hydrogen-bond donors (Lipinski definition) is 2. The number of benzene rings is 2. The molecule has 0 bridgehead atoms. The summed E-state index contributed by atoms with van der Waals surface area (Å²) in [7, 11) is 0. The molecule has 2 aliphatic rings. The van der Waals surface area contributed by atoms with Gasteiger partial charge in [-0.05, 0) is 54.7 Å². The van der Waals surface area contributed by atoms with Crippen molar-refractivity contribution in [2.75, 3.05) is 17.2 Å². The fourth-order valence-electron chi connectivity index (χ4n) is 4.69. The molecule has 0 radical (unpaired) electrons. The average molecular weight is 418 g/mol. The standard InChI is InChI=1S/C25H26N2O4/c1-16-10-20-15-31-24(30)25(20,13-16)14-18-6-8-21(9-7-18)27-23(29)12-19-4-3-5-22(11-19)26-17(2)28/h3-9,11,20H,1,10,12-15H2,2H3,(H,26,28)(H,27,29)/t20-,25+/m1/s1. The lowest BCUT2D eigenvalue weighted by atomic mass is 9.75. The summed E-state index contributed by atoms with van der Waals surface area (Å²) in [4.78, 5) is 36.1. The van der Waals surface area contributed by atoms with E-state index < -0.39 is 5.41 Å². The minimum Gasteiger partial charge on any atom is -0.465 e. The van der Waals surface area contributed by atoms with Gasteiger partial charge in [0.15, 0.2) is 0 Å². The van der Waals surface area contributed by atoms with Crippen LogP contribution in [-0.2, 0) is 32.0 Å². The van der Waals surface area contributed by atoms with Crippen molar-refractivity contribution in [3.63, 3.8) is 0 Å². The number of nitrogens with one attached hydrogen (secondary N) is 2. The first kappa shape index (κ1) is 20.8. The number of hydrogen-bond acceptors (Lipinski definition) is 4. The Morgan fingerprint density at radius 2 is 1.87 bits per heavy atom. The summed E-state index contributed by atoms with van der Waals surface area (Å²) in [5.74, 6) is -0.201. The van der Waals surface area contributed by atoms with Crippen molar-refractivity contribution in [1.29, 1.82) is 0 Å². The lowest BCUT2D eigenvalue weighted by molar-refractivity contribution is -0.146. The number of rotatable bonds is 6. The minimum absolute atomic E-state index is 0.116. The zero-order valence-corrected chi connectivity index (χ0v) is 17.6. The number of cyclic esters (lactones) is 1. The monoisotopic (exact) mass is 418 g/mol. The summed E-state index contributed by atoms with van der Waals surface area (Å²) >= 11 is 0. The molecule has 1 saturated heterocycles. The predicted molar refractivity (Wildman–Crippen MR) is 118 cm³/mol. The predicted octanol–water partition coefficient (Wildman–Crippen LogP) is 3.88. The second kappa shape index (κ2) is 8.38. The van der Waals surface area contributed by atoms with Crippen molar-refractivity contribution in [3.8, 4) is 0 Å². The highest BCUT2D eigenvalue weighted by atomic mass is 16.5. The maximum absolute atomic E-state index is 12.5. The summed E-state index contributed by atoms with van der Waals surface area (Å²) in [6.07, 6.45) is 2.36. The Hall–Kier alpha value is -3.41. The zero-order chi connectivity index (χ0) is 22.0. The third-order valence-corrected chi connectivity index (χ3v) is 6.07. The fourth-order valence-corrected chi connectivity index (χ4v) is 4.69. The first-order valence-corrected chi connectivity index (χ1v) is 10.4. The topological polar surface area (TPSA) is 84.5 Å². The van der Waals surface area contributed by atoms with Crippen LogP contribution in [-0.4, -0.2) is 24.4 Å². The number of allylic oxidation sites excluding steroid dienone is 1. The van der Waals surface area contributed by atoms with Gasteiger partial charge in [0.2, 0.25) is 11.8 Å². The van der Waals surface area contributed by atoms with Crippen molar-refractivity contribution >= 4 is 29.2 Å². The van der Waals surface area contributed by atoms with Crippen molar-refractivity contribution in [1.82, 2.24) is 0 Å². The summed E-state index contributed by atoms with van der Waals surface area (Å²) in [6.45, 7) is 6.01. The van der Waals surface area contributed by atoms with E-state index >= 15 is 0 Å². The van der Waals surface area contributed by atoms with E-state index in [1.165, 1.54) is 6.92 Å². The number of amides is 2. The van der Waals surface area contributed by atoms with Crippen LogP contribution in [0.1, 0.15) is 30.9 Å². The molecule has 2 N–H and O–H groups in total. The minimum atomic E-state index is -0.485. The van der Waals surface area contributed by atoms with Gasteiger partial charge in [-0.25, -0.2) is 0 Å². The van der Waals surface area contributed by atoms with Crippen LogP contribution in [0.4, 0.5) is 11.4 Å². The molecule has 6 heteroatoms. The molecule has 2 aromatic carbocycles. The average Bonchev–Trinajstić information content (AvgIpc) is 3.17. The van der Waals surface area contributed by atoms with Crippen molar-refractivity contribution in [2.24, 2.45) is 11.3 Å². The van der Waals surface area contributed by atoms with Crippen LogP contribution >= 0.6 is 0 Å². The number of carbonyl (C=O) groups excluding carboxylic acids is 3. The first-order chi connectivity index (χ1) is 14.8. The van der Waals surface area contributed by atoms with Gasteiger partial charge in [0, 0.05) is 24.2 Å². The highest BCUT2D eigenvalue weighted by molar-refractivity contribution is 5.93. The number of anilines is 2. The van der Waals surface area contributed by atoms with Crippen LogP contribution < -0.4 is 10.6 Å². The maximum Gasteiger partial charge on any atom is 0.313 e. The third-order valence-electron chi connectivity index (χ3n) is 6.07. The Morgan fingerprint density at radius 3 is 2.61 bits per heavy atom. The second-order valence-corrected chi connectivity index (χ2v) is 8.56. The Kier molecular flexibility index (Phi) is 5.63. The van der Waals surface area contributed by atoms with Crippen LogP contribution in [0.5, 0.6) is 0 Å². The number of carbonyl (C=O) groups is 3. The van der Waals surface area contributed by atoms with E-state index in [1.807, 2.05) is 30.3 Å². The lowest BCUT2D eigenvalue weighted by Gasteiger charge is -2.24. The molecule has 0 unspecified atom stereocenters. The van der Waals surface area contributed by atoms with E-state index in [-0.39, 0.29) is 30.1 Å². The molecule has 2 fully saturated rings. The van der Waals surface area contributed by atoms with Gasteiger partial charge in [-0.15, -0.1) is 0 Å². The molecule has 2 amide bonds. The SMILES string of the molecule is C=C1C[C@@H]2COC(=O)[C@]2(Cc2ccc(NC(=O)Cc3cccc(NC(C)=O)c3)cc2)C1. The normalized spacial score (nSPS) is 22.0. The Labute approximate surface area is 181 Å². The number of ether oxygens (including phenoxy) is 1. The van der Waals surface area contributed by atoms with E-state index in [0.29, 0.717) is 30.8 Å². The molecule has 31 heavy (non-hydrogen) atoms. The quantitative estimate of drug-likeness (QED) is 0.551. The number of fused-ring (bicyclic) bond motifs is 1. The van der Waals surface area contributed by atoms with Gasteiger partial charge in [-0.2, -0.15) is 0 Å². The molecule has 2 aromatic rings. The summed E-state index contributed by atoms with van der Waals surface area (Å²) < 4.78 is 5.35. The van der Waals surface area contributed by atoms with Crippen LogP contribution in [0.2, 0.25) is 0 Å². The van der Waals surface area contributed by atoms with Crippen LogP contribution in [0.15, 0.2) is 60.7 Å². The summed E-state index contributed by atoms with van der Waals surface area (Å²) in [6, 6.07) is 14.8. The van der Waals surface area contributed by atoms with E-state index in [0.717, 1.165) is 23.1 Å². The Balaban J connectivity index is 1.38. The molecule has 0 spiro atoms. The van der Waals surface area contributed by atoms with Crippen LogP contribution in [0, 0.1) is 11.3 Å². The fraction of sp³-hybridized carbons (Fsp3) is 0.320. The maximum atomic E-state index is 12.5. The zero-order valence-electron chi connectivity index (χ0n) is 17.6. The molecular formula is C25H26N2O4. The molecule has 160 valence electrons. The largest absolute Gasteiger partial charge is 0.465 e. The van der Waals surface area contributed by atoms with Gasteiger partial charge < -0.3 is 15.4 Å². The molecule has 1 saturated carbocycles. The molecule has 2 atom stereocenters. The van der Waals surface area contributed by atoms with Gasteiger partial charge in [-0.1, -0.05) is 36.4 Å². The molecule has 1 aliphatic heterocycles. The summed E-state index contributed by atoms with van der Waals surface area (Å²) in [5, 5.41) is 5.62. The van der Waals surface area contributed by atoms with E-state index in [2.05, 4.69) is 17.2 Å². The highest BCUT2D eigenvalue weighted by Crippen LogP contribution is 2.52. The van der Waals surface area contributed by atoms with Crippen molar-refractivity contribution < 1.29 is 19.1 Å². The molecule has 1 aliphatic carbocycles. The third kappa shape index (κ3) is 4.53. The summed E-state index contributed by atoms with van der Waals surface area (Å²) in [5.41, 5.74) is 3.85. The van der Waals surface area contributed by atoms with Crippen LogP contribution in [0.25, 0.3) is 0 Å². The van der Waals surface area contributed by atoms with Crippen molar-refractivity contribution in [3.05, 3.63) is 71.8 Å². The number of esters is 1. The second-order valence-electron chi connectivity index (χ2n) is 8.56. The molecule has 0 aromatic heterocycles. The van der Waals surface area contributed by atoms with E-state index in [9.17, 15) is 14.4 Å². The Morgan fingerprint density at radius 1 is 1.10 bits per heavy atom. The first-order valence-electron chi connectivity index (χ1n) is 10.4. The van der Waals surface area contributed by atoms with Gasteiger partial charge in [0.25, 0.3) is 0 Å². The molecule has 1 heterocycles.